The van der Waals surface area contributed by atoms with Crippen LogP contribution in [-0.4, -0.2) is 11.1 Å². The van der Waals surface area contributed by atoms with Crippen molar-refractivity contribution in [1.29, 1.82) is 5.26 Å². The molecule has 0 aliphatic rings. The summed E-state index contributed by atoms with van der Waals surface area (Å²) in [6.45, 7) is 1.74. The Morgan fingerprint density at radius 2 is 2.05 bits per heavy atom. The van der Waals surface area contributed by atoms with Crippen LogP contribution < -0.4 is 5.32 Å². The fourth-order valence-electron chi connectivity index (χ4n) is 1.85. The van der Waals surface area contributed by atoms with Gasteiger partial charge in [-0.2, -0.15) is 5.26 Å². The molecule has 0 amide bonds. The molecule has 20 heavy (non-hydrogen) atoms. The standard InChI is InChI=1S/C15H11BrN2O2/c1-9-6-12(3-4-13(9)15(19)20)18-14-5-2-11(16)7-10(14)8-17/h2-7,18H,1H3,(H,19,20). The molecule has 0 fully saturated rings. The van der Waals surface area contributed by atoms with Gasteiger partial charge in [0.2, 0.25) is 0 Å². The summed E-state index contributed by atoms with van der Waals surface area (Å²) in [6.07, 6.45) is 0. The number of nitriles is 1. The number of nitrogens with zero attached hydrogens (tertiary/aromatic N) is 1. The number of hydrogen-bond acceptors (Lipinski definition) is 3. The lowest BCUT2D eigenvalue weighted by Crippen LogP contribution is -2.01. The molecule has 0 saturated carbocycles. The van der Waals surface area contributed by atoms with Crippen molar-refractivity contribution in [3.05, 3.63) is 57.6 Å². The van der Waals surface area contributed by atoms with E-state index in [-0.39, 0.29) is 5.56 Å². The molecule has 0 spiro atoms. The summed E-state index contributed by atoms with van der Waals surface area (Å²) >= 11 is 3.32. The highest BCUT2D eigenvalue weighted by Gasteiger charge is 2.08. The molecule has 0 saturated heterocycles. The molecule has 0 radical (unpaired) electrons. The Kier molecular flexibility index (Phi) is 4.06. The molecule has 0 atom stereocenters. The Balaban J connectivity index is 2.34. The van der Waals surface area contributed by atoms with Crippen molar-refractivity contribution in [1.82, 2.24) is 0 Å². The van der Waals surface area contributed by atoms with Crippen LogP contribution in [0.25, 0.3) is 0 Å². The zero-order chi connectivity index (χ0) is 14.7. The van der Waals surface area contributed by atoms with E-state index in [0.29, 0.717) is 16.8 Å². The molecule has 2 N–H and O–H groups in total. The van der Waals surface area contributed by atoms with Gasteiger partial charge >= 0.3 is 5.97 Å². The monoisotopic (exact) mass is 330 g/mol. The number of anilines is 2. The second-order valence-corrected chi connectivity index (χ2v) is 5.18. The third kappa shape index (κ3) is 2.98. The van der Waals surface area contributed by atoms with Crippen LogP contribution in [0.3, 0.4) is 0 Å². The maximum Gasteiger partial charge on any atom is 0.335 e. The minimum Gasteiger partial charge on any atom is -0.478 e. The first kappa shape index (κ1) is 14.1. The van der Waals surface area contributed by atoms with Crippen molar-refractivity contribution in [3.8, 4) is 6.07 Å². The summed E-state index contributed by atoms with van der Waals surface area (Å²) in [5.41, 5.74) is 2.87. The van der Waals surface area contributed by atoms with Gasteiger partial charge < -0.3 is 10.4 Å². The lowest BCUT2D eigenvalue weighted by Gasteiger charge is -2.10. The van der Waals surface area contributed by atoms with Gasteiger partial charge in [0.25, 0.3) is 0 Å². The number of nitrogens with one attached hydrogen (secondary N) is 1. The molecule has 0 aliphatic heterocycles. The highest BCUT2D eigenvalue weighted by atomic mass is 79.9. The summed E-state index contributed by atoms with van der Waals surface area (Å²) in [5.74, 6) is -0.949. The van der Waals surface area contributed by atoms with Crippen LogP contribution in [-0.2, 0) is 0 Å². The normalized spacial score (nSPS) is 9.85. The summed E-state index contributed by atoms with van der Waals surface area (Å²) in [7, 11) is 0. The van der Waals surface area contributed by atoms with Crippen molar-refractivity contribution in [3.63, 3.8) is 0 Å². The van der Waals surface area contributed by atoms with E-state index >= 15 is 0 Å². The third-order valence-corrected chi connectivity index (χ3v) is 3.33. The van der Waals surface area contributed by atoms with Gasteiger partial charge in [0.1, 0.15) is 6.07 Å². The number of hydrogen-bond donors (Lipinski definition) is 2. The Bertz CT molecular complexity index is 720. The zero-order valence-corrected chi connectivity index (χ0v) is 12.2. The molecule has 0 bridgehead atoms. The second kappa shape index (κ2) is 5.76. The van der Waals surface area contributed by atoms with Gasteiger partial charge in [0.15, 0.2) is 0 Å². The van der Waals surface area contributed by atoms with E-state index in [1.54, 1.807) is 37.3 Å². The maximum absolute atomic E-state index is 11.0. The van der Waals surface area contributed by atoms with Crippen LogP contribution in [0, 0.1) is 18.3 Å². The first-order valence-corrected chi connectivity index (χ1v) is 6.61. The quantitative estimate of drug-likeness (QED) is 0.889. The molecule has 0 unspecified atom stereocenters. The number of carbonyl (C=O) groups is 1. The van der Waals surface area contributed by atoms with Gasteiger partial charge in [-0.25, -0.2) is 4.79 Å². The minimum absolute atomic E-state index is 0.270. The van der Waals surface area contributed by atoms with E-state index in [1.807, 2.05) is 6.07 Å². The predicted molar refractivity (Wildman–Crippen MR) is 80.3 cm³/mol. The molecule has 100 valence electrons. The molecule has 0 heterocycles. The average molecular weight is 331 g/mol. The number of rotatable bonds is 3. The largest absolute Gasteiger partial charge is 0.478 e. The van der Waals surface area contributed by atoms with E-state index < -0.39 is 5.97 Å². The molecular formula is C15H11BrN2O2. The second-order valence-electron chi connectivity index (χ2n) is 4.26. The summed E-state index contributed by atoms with van der Waals surface area (Å²) < 4.78 is 0.831. The zero-order valence-electron chi connectivity index (χ0n) is 10.6. The molecule has 2 rings (SSSR count). The summed E-state index contributed by atoms with van der Waals surface area (Å²) in [6, 6.07) is 12.4. The van der Waals surface area contributed by atoms with Crippen LogP contribution in [0.4, 0.5) is 11.4 Å². The van der Waals surface area contributed by atoms with Gasteiger partial charge in [0, 0.05) is 10.2 Å². The van der Waals surface area contributed by atoms with E-state index in [0.717, 1.165) is 10.2 Å². The average Bonchev–Trinajstić information content (AvgIpc) is 2.40. The van der Waals surface area contributed by atoms with Crippen LogP contribution in [0.15, 0.2) is 40.9 Å². The van der Waals surface area contributed by atoms with Crippen molar-refractivity contribution in [2.45, 2.75) is 6.92 Å². The number of carboxylic acids is 1. The number of carboxylic acid groups (broad SMARTS) is 1. The fourth-order valence-corrected chi connectivity index (χ4v) is 2.22. The van der Waals surface area contributed by atoms with Crippen molar-refractivity contribution in [2.24, 2.45) is 0 Å². The van der Waals surface area contributed by atoms with Crippen LogP contribution >= 0.6 is 15.9 Å². The number of aromatic carboxylic acids is 1. The molecule has 4 nitrogen and oxygen atoms in total. The number of halogens is 1. The van der Waals surface area contributed by atoms with E-state index in [9.17, 15) is 4.79 Å². The topological polar surface area (TPSA) is 73.1 Å². The molecule has 0 aliphatic carbocycles. The van der Waals surface area contributed by atoms with Crippen LogP contribution in [0.1, 0.15) is 21.5 Å². The molecule has 5 heteroatoms. The lowest BCUT2D eigenvalue weighted by atomic mass is 10.1. The van der Waals surface area contributed by atoms with Crippen LogP contribution in [0.5, 0.6) is 0 Å². The Hall–Kier alpha value is -2.32. The summed E-state index contributed by atoms with van der Waals surface area (Å²) in [4.78, 5) is 11.0. The molecule has 0 aromatic heterocycles. The van der Waals surface area contributed by atoms with Gasteiger partial charge in [-0.3, -0.25) is 0 Å². The smallest absolute Gasteiger partial charge is 0.335 e. The fraction of sp³-hybridized carbons (Fsp3) is 0.0667. The SMILES string of the molecule is Cc1cc(Nc2ccc(Br)cc2C#N)ccc1C(=O)O. The van der Waals surface area contributed by atoms with Gasteiger partial charge in [0.05, 0.1) is 16.8 Å². The van der Waals surface area contributed by atoms with Gasteiger partial charge in [-0.1, -0.05) is 15.9 Å². The van der Waals surface area contributed by atoms with Crippen molar-refractivity contribution in [2.75, 3.05) is 5.32 Å². The lowest BCUT2D eigenvalue weighted by molar-refractivity contribution is 0.0696. The van der Waals surface area contributed by atoms with Gasteiger partial charge in [-0.15, -0.1) is 0 Å². The Morgan fingerprint density at radius 3 is 2.65 bits per heavy atom. The van der Waals surface area contributed by atoms with E-state index in [4.69, 9.17) is 10.4 Å². The van der Waals surface area contributed by atoms with E-state index in [1.165, 1.54) is 0 Å². The maximum atomic E-state index is 11.0. The summed E-state index contributed by atoms with van der Waals surface area (Å²) in [5, 5.41) is 21.2. The Morgan fingerprint density at radius 1 is 1.30 bits per heavy atom. The highest BCUT2D eigenvalue weighted by molar-refractivity contribution is 9.10. The van der Waals surface area contributed by atoms with E-state index in [2.05, 4.69) is 27.3 Å². The first-order chi connectivity index (χ1) is 9.51. The van der Waals surface area contributed by atoms with Crippen molar-refractivity contribution < 1.29 is 9.90 Å². The number of aryl methyl sites for hydroxylation is 1. The Labute approximate surface area is 124 Å². The van der Waals surface area contributed by atoms with Gasteiger partial charge in [-0.05, 0) is 48.9 Å². The molecular weight excluding hydrogens is 320 g/mol. The minimum atomic E-state index is -0.949. The highest BCUT2D eigenvalue weighted by Crippen LogP contribution is 2.25. The molecule has 2 aromatic carbocycles. The van der Waals surface area contributed by atoms with Crippen LogP contribution in [0.2, 0.25) is 0 Å². The third-order valence-electron chi connectivity index (χ3n) is 2.84. The first-order valence-electron chi connectivity index (χ1n) is 5.82. The predicted octanol–water partition coefficient (Wildman–Crippen LogP) is 4.07. The molecule has 2 aromatic rings. The van der Waals surface area contributed by atoms with Crippen molar-refractivity contribution >= 4 is 33.3 Å². The number of benzene rings is 2.